The number of aliphatic hydroxyl groups is 1. The second-order valence-corrected chi connectivity index (χ2v) is 13.1. The molecule has 0 amide bonds. The fourth-order valence-electron chi connectivity index (χ4n) is 6.33. The van der Waals surface area contributed by atoms with Crippen LogP contribution in [0, 0.1) is 11.8 Å². The van der Waals surface area contributed by atoms with Gasteiger partial charge in [-0.2, -0.15) is 11.8 Å². The van der Waals surface area contributed by atoms with Crippen molar-refractivity contribution in [2.24, 2.45) is 11.8 Å². The Balaban J connectivity index is 1.45. The standard InChI is InChI=1S/C34H52O8S/c1-37-24-26-10-7-9-25(21-26)22-27(41-33-12-3-5-17-39-33)14-15-29-28(16-20-43-19-8-11-32(36)38-2)30(35)23-31(29)42-34-13-4-6-18-40-34/h7,9-10,14-15,21,27-31,33-35H,3-6,8,11-13,16-20,22-24H2,1-2H3/b15-14+/t27-,28-,29-,30+,31-,33?,34?/m1/s1. The van der Waals surface area contributed by atoms with Crippen LogP contribution in [0.4, 0.5) is 0 Å². The van der Waals surface area contributed by atoms with Crippen molar-refractivity contribution in [3.8, 4) is 0 Å². The summed E-state index contributed by atoms with van der Waals surface area (Å²) in [5.41, 5.74) is 2.33. The fraction of sp³-hybridized carbons (Fsp3) is 0.735. The third kappa shape index (κ3) is 11.8. The molecule has 8 nitrogen and oxygen atoms in total. The van der Waals surface area contributed by atoms with Gasteiger partial charge in [-0.05, 0) is 79.9 Å². The zero-order valence-electron chi connectivity index (χ0n) is 26.0. The monoisotopic (exact) mass is 620 g/mol. The van der Waals surface area contributed by atoms with E-state index in [0.717, 1.165) is 88.1 Å². The molecule has 0 bridgehead atoms. The van der Waals surface area contributed by atoms with Crippen LogP contribution in [0.25, 0.3) is 0 Å². The highest BCUT2D eigenvalue weighted by Gasteiger charge is 2.43. The maximum Gasteiger partial charge on any atom is 0.305 e. The van der Waals surface area contributed by atoms with E-state index >= 15 is 0 Å². The van der Waals surface area contributed by atoms with Crippen molar-refractivity contribution in [3.63, 3.8) is 0 Å². The Hall–Kier alpha value is -1.46. The zero-order valence-corrected chi connectivity index (χ0v) is 26.8. The van der Waals surface area contributed by atoms with Crippen molar-refractivity contribution in [1.29, 1.82) is 0 Å². The minimum Gasteiger partial charge on any atom is -0.469 e. The lowest BCUT2D eigenvalue weighted by Crippen LogP contribution is -2.31. The minimum absolute atomic E-state index is 0.0504. The quantitative estimate of drug-likeness (QED) is 0.131. The van der Waals surface area contributed by atoms with Crippen molar-refractivity contribution in [2.45, 2.75) is 108 Å². The average molecular weight is 621 g/mol. The number of benzene rings is 1. The summed E-state index contributed by atoms with van der Waals surface area (Å²) in [5.74, 6) is 1.78. The molecule has 1 saturated carbocycles. The second kappa shape index (κ2) is 19.1. The largest absolute Gasteiger partial charge is 0.469 e. The fourth-order valence-corrected chi connectivity index (χ4v) is 7.32. The summed E-state index contributed by atoms with van der Waals surface area (Å²) in [7, 11) is 3.14. The summed E-state index contributed by atoms with van der Waals surface area (Å²) in [4.78, 5) is 11.4. The lowest BCUT2D eigenvalue weighted by Gasteiger charge is -2.30. The number of carbonyl (C=O) groups excluding carboxylic acids is 1. The molecule has 1 aliphatic carbocycles. The first kappa shape index (κ1) is 34.4. The number of methoxy groups -OCH3 is 2. The van der Waals surface area contributed by atoms with E-state index in [1.165, 1.54) is 12.7 Å². The van der Waals surface area contributed by atoms with Crippen molar-refractivity contribution in [2.75, 3.05) is 38.9 Å². The van der Waals surface area contributed by atoms with E-state index in [-0.39, 0.29) is 42.6 Å². The molecule has 2 unspecified atom stereocenters. The van der Waals surface area contributed by atoms with Crippen LogP contribution >= 0.6 is 11.8 Å². The molecule has 1 aromatic rings. The Kier molecular flexibility index (Phi) is 15.3. The predicted molar refractivity (Wildman–Crippen MR) is 168 cm³/mol. The number of ether oxygens (including phenoxy) is 6. The van der Waals surface area contributed by atoms with Gasteiger partial charge >= 0.3 is 5.97 Å². The van der Waals surface area contributed by atoms with E-state index in [2.05, 4.69) is 36.4 Å². The van der Waals surface area contributed by atoms with Gasteiger partial charge in [-0.15, -0.1) is 0 Å². The topological polar surface area (TPSA) is 92.7 Å². The van der Waals surface area contributed by atoms with E-state index in [1.54, 1.807) is 7.11 Å². The molecule has 0 aromatic heterocycles. The van der Waals surface area contributed by atoms with E-state index in [0.29, 0.717) is 19.4 Å². The molecular weight excluding hydrogens is 568 g/mol. The number of rotatable bonds is 17. The Morgan fingerprint density at radius 2 is 1.84 bits per heavy atom. The first-order chi connectivity index (χ1) is 21.1. The van der Waals surface area contributed by atoms with E-state index in [1.807, 2.05) is 11.8 Å². The number of hydrogen-bond donors (Lipinski definition) is 1. The molecule has 9 heteroatoms. The third-order valence-corrected chi connectivity index (χ3v) is 9.70. The molecule has 0 spiro atoms. The molecule has 2 saturated heterocycles. The highest BCUT2D eigenvalue weighted by molar-refractivity contribution is 7.99. The molecule has 242 valence electrons. The molecule has 2 aliphatic heterocycles. The van der Waals surface area contributed by atoms with Crippen LogP contribution < -0.4 is 0 Å². The van der Waals surface area contributed by atoms with Gasteiger partial charge in [0.15, 0.2) is 12.6 Å². The van der Waals surface area contributed by atoms with Gasteiger partial charge in [-0.3, -0.25) is 4.79 Å². The Bertz CT molecular complexity index is 961. The summed E-state index contributed by atoms with van der Waals surface area (Å²) >= 11 is 1.83. The molecular formula is C34H52O8S. The molecule has 4 rings (SSSR count). The Morgan fingerprint density at radius 1 is 1.07 bits per heavy atom. The first-order valence-corrected chi connectivity index (χ1v) is 17.3. The van der Waals surface area contributed by atoms with Crippen LogP contribution in [-0.4, -0.2) is 80.9 Å². The molecule has 43 heavy (non-hydrogen) atoms. The highest BCUT2D eigenvalue weighted by Crippen LogP contribution is 2.40. The van der Waals surface area contributed by atoms with E-state index in [4.69, 9.17) is 28.4 Å². The summed E-state index contributed by atoms with van der Waals surface area (Å²) in [5, 5.41) is 11.2. The molecule has 0 radical (unpaired) electrons. The summed E-state index contributed by atoms with van der Waals surface area (Å²) in [6.45, 7) is 2.03. The van der Waals surface area contributed by atoms with Gasteiger partial charge in [0.05, 0.1) is 32.0 Å². The molecule has 7 atom stereocenters. The first-order valence-electron chi connectivity index (χ1n) is 16.2. The molecule has 1 N–H and O–H groups in total. The molecule has 1 aromatic carbocycles. The molecule has 3 fully saturated rings. The smallest absolute Gasteiger partial charge is 0.305 e. The van der Waals surface area contributed by atoms with Gasteiger partial charge in [-0.25, -0.2) is 0 Å². The third-order valence-electron chi connectivity index (χ3n) is 8.60. The summed E-state index contributed by atoms with van der Waals surface area (Å²) in [6, 6.07) is 8.47. The normalized spacial score (nSPS) is 28.7. The maximum atomic E-state index is 11.4. The van der Waals surface area contributed by atoms with Gasteiger partial charge < -0.3 is 33.5 Å². The number of carbonyl (C=O) groups is 1. The Morgan fingerprint density at radius 3 is 2.56 bits per heavy atom. The van der Waals surface area contributed by atoms with Gasteiger partial charge in [0.25, 0.3) is 0 Å². The van der Waals surface area contributed by atoms with Crippen LogP contribution in [0.1, 0.15) is 75.3 Å². The van der Waals surface area contributed by atoms with Crippen LogP contribution in [0.2, 0.25) is 0 Å². The van der Waals surface area contributed by atoms with E-state index in [9.17, 15) is 9.90 Å². The zero-order chi connectivity index (χ0) is 30.3. The van der Waals surface area contributed by atoms with E-state index < -0.39 is 6.10 Å². The van der Waals surface area contributed by atoms with Gasteiger partial charge in [0.1, 0.15) is 0 Å². The number of thioether (sulfide) groups is 1. The van der Waals surface area contributed by atoms with Gasteiger partial charge in [0, 0.05) is 45.5 Å². The van der Waals surface area contributed by atoms with Crippen LogP contribution in [-0.2, 0) is 46.2 Å². The molecule has 3 aliphatic rings. The average Bonchev–Trinajstić information content (AvgIpc) is 3.31. The second-order valence-electron chi connectivity index (χ2n) is 11.9. The summed E-state index contributed by atoms with van der Waals surface area (Å²) < 4.78 is 35.1. The van der Waals surface area contributed by atoms with Gasteiger partial charge in [0.2, 0.25) is 0 Å². The number of esters is 1. The molecule has 2 heterocycles. The van der Waals surface area contributed by atoms with Gasteiger partial charge in [-0.1, -0.05) is 36.4 Å². The predicted octanol–water partition coefficient (Wildman–Crippen LogP) is 5.83. The van der Waals surface area contributed by atoms with Crippen LogP contribution in [0.3, 0.4) is 0 Å². The van der Waals surface area contributed by atoms with Crippen molar-refractivity contribution in [1.82, 2.24) is 0 Å². The van der Waals surface area contributed by atoms with Crippen LogP contribution in [0.5, 0.6) is 0 Å². The lowest BCUT2D eigenvalue weighted by atomic mass is 9.90. The van der Waals surface area contributed by atoms with Crippen molar-refractivity contribution in [3.05, 3.63) is 47.5 Å². The maximum absolute atomic E-state index is 11.4. The van der Waals surface area contributed by atoms with Crippen molar-refractivity contribution < 1.29 is 38.3 Å². The highest BCUT2D eigenvalue weighted by atomic mass is 32.2. The Labute approximate surface area is 262 Å². The lowest BCUT2D eigenvalue weighted by molar-refractivity contribution is -0.193. The SMILES string of the molecule is COCc1cccc(C[C@@H](/C=C/[C@@H]2[C@@H](CCSCCCC(=O)OC)[C@@H](O)C[C@H]2OC2CCCCO2)OC2CCCCO2)c1. The summed E-state index contributed by atoms with van der Waals surface area (Å²) in [6.07, 6.45) is 12.9. The minimum atomic E-state index is -0.439. The van der Waals surface area contributed by atoms with Crippen molar-refractivity contribution >= 4 is 17.7 Å². The number of aliphatic hydroxyl groups excluding tert-OH is 1. The number of hydrogen-bond acceptors (Lipinski definition) is 9. The van der Waals surface area contributed by atoms with Crippen LogP contribution in [0.15, 0.2) is 36.4 Å².